The number of benzene rings is 1. The number of hydrogen-bond donors (Lipinski definition) is 1. The SMILES string of the molecule is Cc1ccc2c(c1)N1C(CC2)CCC1C(=O)O. The molecule has 90 valence electrons. The third kappa shape index (κ3) is 1.61. The molecule has 1 fully saturated rings. The van der Waals surface area contributed by atoms with Gasteiger partial charge in [0.05, 0.1) is 0 Å². The van der Waals surface area contributed by atoms with Crippen LogP contribution in [0.5, 0.6) is 0 Å². The van der Waals surface area contributed by atoms with Crippen molar-refractivity contribution in [2.24, 2.45) is 0 Å². The summed E-state index contributed by atoms with van der Waals surface area (Å²) in [4.78, 5) is 13.5. The fourth-order valence-corrected chi connectivity index (χ4v) is 3.22. The summed E-state index contributed by atoms with van der Waals surface area (Å²) in [5.74, 6) is -0.679. The molecule has 0 spiro atoms. The van der Waals surface area contributed by atoms with E-state index >= 15 is 0 Å². The molecule has 1 aromatic carbocycles. The maximum absolute atomic E-state index is 11.3. The fourth-order valence-electron chi connectivity index (χ4n) is 3.22. The van der Waals surface area contributed by atoms with E-state index in [9.17, 15) is 9.90 Å². The van der Waals surface area contributed by atoms with Gasteiger partial charge < -0.3 is 10.0 Å². The number of rotatable bonds is 1. The second-order valence-electron chi connectivity index (χ2n) is 5.16. The minimum absolute atomic E-state index is 0.319. The Morgan fingerprint density at radius 1 is 1.35 bits per heavy atom. The Morgan fingerprint density at radius 3 is 2.94 bits per heavy atom. The molecule has 2 aliphatic heterocycles. The molecule has 3 heteroatoms. The molecule has 0 amide bonds. The number of fused-ring (bicyclic) bond motifs is 3. The Hall–Kier alpha value is -1.51. The number of carboxylic acids is 1. The number of aliphatic carboxylic acids is 1. The van der Waals surface area contributed by atoms with Crippen molar-refractivity contribution in [1.29, 1.82) is 0 Å². The molecule has 3 rings (SSSR count). The molecule has 2 aliphatic rings. The molecule has 1 saturated heterocycles. The van der Waals surface area contributed by atoms with Crippen molar-refractivity contribution < 1.29 is 9.90 Å². The maximum atomic E-state index is 11.3. The summed E-state index contributed by atoms with van der Waals surface area (Å²) >= 11 is 0. The molecule has 0 bridgehead atoms. The second kappa shape index (κ2) is 3.76. The maximum Gasteiger partial charge on any atom is 0.326 e. The molecule has 0 saturated carbocycles. The molecule has 2 unspecified atom stereocenters. The summed E-state index contributed by atoms with van der Waals surface area (Å²) in [6, 6.07) is 6.53. The molecule has 17 heavy (non-hydrogen) atoms. The highest BCUT2D eigenvalue weighted by Crippen LogP contribution is 2.39. The Bertz CT molecular complexity index is 469. The number of hydrogen-bond acceptors (Lipinski definition) is 2. The zero-order valence-electron chi connectivity index (χ0n) is 10.0. The molecule has 2 atom stereocenters. The van der Waals surface area contributed by atoms with Gasteiger partial charge in [0.1, 0.15) is 6.04 Å². The predicted molar refractivity (Wildman–Crippen MR) is 66.4 cm³/mol. The first-order valence-electron chi connectivity index (χ1n) is 6.27. The van der Waals surface area contributed by atoms with Gasteiger partial charge >= 0.3 is 5.97 Å². The number of anilines is 1. The van der Waals surface area contributed by atoms with Crippen molar-refractivity contribution in [2.45, 2.75) is 44.7 Å². The summed E-state index contributed by atoms with van der Waals surface area (Å²) in [7, 11) is 0. The summed E-state index contributed by atoms with van der Waals surface area (Å²) in [6.45, 7) is 2.07. The van der Waals surface area contributed by atoms with Crippen LogP contribution in [0.1, 0.15) is 30.4 Å². The summed E-state index contributed by atoms with van der Waals surface area (Å²) in [6.07, 6.45) is 3.99. The lowest BCUT2D eigenvalue weighted by molar-refractivity contribution is -0.138. The normalized spacial score (nSPS) is 26.5. The van der Waals surface area contributed by atoms with Gasteiger partial charge in [-0.05, 0) is 49.8 Å². The van der Waals surface area contributed by atoms with Crippen molar-refractivity contribution in [3.05, 3.63) is 29.3 Å². The van der Waals surface area contributed by atoms with Gasteiger partial charge in [0, 0.05) is 11.7 Å². The van der Waals surface area contributed by atoms with Crippen LogP contribution in [0.3, 0.4) is 0 Å². The average Bonchev–Trinajstić information content (AvgIpc) is 2.73. The molecule has 0 aromatic heterocycles. The lowest BCUT2D eigenvalue weighted by atomic mass is 9.95. The third-order valence-corrected chi connectivity index (χ3v) is 4.05. The van der Waals surface area contributed by atoms with E-state index in [2.05, 4.69) is 30.0 Å². The number of carbonyl (C=O) groups is 1. The van der Waals surface area contributed by atoms with Gasteiger partial charge in [0.15, 0.2) is 0 Å². The summed E-state index contributed by atoms with van der Waals surface area (Å²) in [5.41, 5.74) is 3.67. The van der Waals surface area contributed by atoms with E-state index in [1.807, 2.05) is 0 Å². The minimum Gasteiger partial charge on any atom is -0.480 e. The van der Waals surface area contributed by atoms with E-state index in [4.69, 9.17) is 0 Å². The average molecular weight is 231 g/mol. The molecular weight excluding hydrogens is 214 g/mol. The molecule has 0 aliphatic carbocycles. The molecule has 0 radical (unpaired) electrons. The van der Waals surface area contributed by atoms with Crippen molar-refractivity contribution in [2.75, 3.05) is 4.90 Å². The molecular formula is C14H17NO2. The Balaban J connectivity index is 2.06. The molecule has 1 aromatic rings. The zero-order valence-corrected chi connectivity index (χ0v) is 10.0. The van der Waals surface area contributed by atoms with Crippen molar-refractivity contribution in [3.8, 4) is 0 Å². The first-order valence-corrected chi connectivity index (χ1v) is 6.27. The van der Waals surface area contributed by atoms with Gasteiger partial charge in [-0.15, -0.1) is 0 Å². The van der Waals surface area contributed by atoms with Crippen LogP contribution in [0, 0.1) is 6.92 Å². The van der Waals surface area contributed by atoms with Crippen molar-refractivity contribution >= 4 is 11.7 Å². The van der Waals surface area contributed by atoms with Crippen LogP contribution in [-0.2, 0) is 11.2 Å². The molecule has 2 heterocycles. The summed E-state index contributed by atoms with van der Waals surface area (Å²) < 4.78 is 0. The minimum atomic E-state index is -0.679. The highest BCUT2D eigenvalue weighted by Gasteiger charge is 2.40. The van der Waals surface area contributed by atoms with Crippen LogP contribution in [0.4, 0.5) is 5.69 Å². The quantitative estimate of drug-likeness (QED) is 0.806. The smallest absolute Gasteiger partial charge is 0.326 e. The fraction of sp³-hybridized carbons (Fsp3) is 0.500. The van der Waals surface area contributed by atoms with E-state index in [0.717, 1.165) is 31.4 Å². The standard InChI is InChI=1S/C14H17NO2/c1-9-2-3-10-4-5-11-6-7-12(14(16)17)15(11)13(10)8-9/h2-3,8,11-12H,4-7H2,1H3,(H,16,17). The van der Waals surface area contributed by atoms with Gasteiger partial charge in [-0.2, -0.15) is 0 Å². The van der Waals surface area contributed by atoms with E-state index in [0.29, 0.717) is 6.04 Å². The number of aryl methyl sites for hydroxylation is 2. The Kier molecular flexibility index (Phi) is 2.35. The zero-order chi connectivity index (χ0) is 12.0. The van der Waals surface area contributed by atoms with Crippen LogP contribution < -0.4 is 4.90 Å². The van der Waals surface area contributed by atoms with Crippen LogP contribution in [0.2, 0.25) is 0 Å². The monoisotopic (exact) mass is 231 g/mol. The second-order valence-corrected chi connectivity index (χ2v) is 5.16. The van der Waals surface area contributed by atoms with Crippen molar-refractivity contribution in [1.82, 2.24) is 0 Å². The van der Waals surface area contributed by atoms with Gasteiger partial charge in [-0.3, -0.25) is 0 Å². The third-order valence-electron chi connectivity index (χ3n) is 4.05. The summed E-state index contributed by atoms with van der Waals surface area (Å²) in [5, 5.41) is 9.31. The first-order chi connectivity index (χ1) is 8.16. The molecule has 1 N–H and O–H groups in total. The highest BCUT2D eigenvalue weighted by molar-refractivity contribution is 5.80. The molecule has 3 nitrogen and oxygen atoms in total. The van der Waals surface area contributed by atoms with Crippen LogP contribution in [0.15, 0.2) is 18.2 Å². The van der Waals surface area contributed by atoms with Gasteiger partial charge in [0.25, 0.3) is 0 Å². The van der Waals surface area contributed by atoms with Crippen molar-refractivity contribution in [3.63, 3.8) is 0 Å². The van der Waals surface area contributed by atoms with E-state index < -0.39 is 5.97 Å². The van der Waals surface area contributed by atoms with E-state index in [-0.39, 0.29) is 6.04 Å². The van der Waals surface area contributed by atoms with Gasteiger partial charge in [-0.1, -0.05) is 12.1 Å². The number of carboxylic acid groups (broad SMARTS) is 1. The topological polar surface area (TPSA) is 40.5 Å². The first kappa shape index (κ1) is 10.6. The van der Waals surface area contributed by atoms with Gasteiger partial charge in [0.2, 0.25) is 0 Å². The highest BCUT2D eigenvalue weighted by atomic mass is 16.4. The van der Waals surface area contributed by atoms with E-state index in [1.54, 1.807) is 0 Å². The Morgan fingerprint density at radius 2 is 2.18 bits per heavy atom. The largest absolute Gasteiger partial charge is 0.480 e. The van der Waals surface area contributed by atoms with Crippen LogP contribution in [-0.4, -0.2) is 23.2 Å². The lowest BCUT2D eigenvalue weighted by Crippen LogP contribution is -2.43. The number of nitrogens with zero attached hydrogens (tertiary/aromatic N) is 1. The van der Waals surface area contributed by atoms with Crippen LogP contribution >= 0.6 is 0 Å². The van der Waals surface area contributed by atoms with Crippen LogP contribution in [0.25, 0.3) is 0 Å². The van der Waals surface area contributed by atoms with Gasteiger partial charge in [-0.25, -0.2) is 4.79 Å². The lowest BCUT2D eigenvalue weighted by Gasteiger charge is -2.36. The predicted octanol–water partition coefficient (Wildman–Crippen LogP) is 2.36. The Labute approximate surface area is 101 Å². The van der Waals surface area contributed by atoms with E-state index in [1.165, 1.54) is 11.1 Å².